The molecule has 0 amide bonds. The highest BCUT2D eigenvalue weighted by atomic mass is 32.2. The predicted octanol–water partition coefficient (Wildman–Crippen LogP) is -0.0104. The molecule has 3 heterocycles. The second kappa shape index (κ2) is 9.28. The maximum Gasteiger partial charge on any atom is 0.282 e. The lowest BCUT2D eigenvalue weighted by Gasteiger charge is -2.40. The van der Waals surface area contributed by atoms with Gasteiger partial charge in [-0.2, -0.15) is 22.1 Å². The van der Waals surface area contributed by atoms with Gasteiger partial charge < -0.3 is 14.0 Å². The Labute approximate surface area is 171 Å². The highest BCUT2D eigenvalue weighted by Gasteiger charge is 2.36. The van der Waals surface area contributed by atoms with Gasteiger partial charge >= 0.3 is 0 Å². The van der Waals surface area contributed by atoms with Crippen molar-refractivity contribution >= 4 is 22.4 Å². The van der Waals surface area contributed by atoms with Crippen molar-refractivity contribution < 1.29 is 17.9 Å². The van der Waals surface area contributed by atoms with Crippen molar-refractivity contribution in [3.05, 3.63) is 11.1 Å². The van der Waals surface area contributed by atoms with E-state index in [1.807, 2.05) is 18.4 Å². The first-order valence-electron chi connectivity index (χ1n) is 9.55. The molecule has 0 N–H and O–H groups in total. The Hall–Kier alpha value is -0.890. The van der Waals surface area contributed by atoms with Crippen molar-refractivity contribution in [3.8, 4) is 0 Å². The minimum atomic E-state index is -3.46. The first-order valence-corrected chi connectivity index (χ1v) is 11.4. The zero-order valence-electron chi connectivity index (χ0n) is 16.7. The summed E-state index contributed by atoms with van der Waals surface area (Å²) in [6.07, 6.45) is 1.54. The lowest BCUT2D eigenvalue weighted by Crippen LogP contribution is -2.57. The Morgan fingerprint density at radius 3 is 2.43 bits per heavy atom. The van der Waals surface area contributed by atoms with Crippen LogP contribution in [0.25, 0.3) is 0 Å². The van der Waals surface area contributed by atoms with Crippen LogP contribution in [0.5, 0.6) is 0 Å². The van der Waals surface area contributed by atoms with Gasteiger partial charge in [0.2, 0.25) is 0 Å². The molecule has 2 aliphatic heterocycles. The first-order chi connectivity index (χ1) is 13.3. The van der Waals surface area contributed by atoms with E-state index in [-0.39, 0.29) is 12.2 Å². The maximum atomic E-state index is 13.0. The summed E-state index contributed by atoms with van der Waals surface area (Å²) >= 11 is 5.45. The van der Waals surface area contributed by atoms with Gasteiger partial charge in [0.1, 0.15) is 6.33 Å². The molecule has 2 fully saturated rings. The second-order valence-corrected chi connectivity index (χ2v) is 9.63. The normalized spacial score (nSPS) is 26.0. The minimum absolute atomic E-state index is 0.0880. The number of morpholine rings is 1. The summed E-state index contributed by atoms with van der Waals surface area (Å²) in [5, 5.41) is 4.34. The van der Waals surface area contributed by atoms with E-state index in [4.69, 9.17) is 21.7 Å². The summed E-state index contributed by atoms with van der Waals surface area (Å²) < 4.78 is 44.1. The van der Waals surface area contributed by atoms with Crippen LogP contribution in [0.4, 0.5) is 0 Å². The summed E-state index contributed by atoms with van der Waals surface area (Å²) in [5.41, 5.74) is 0. The van der Waals surface area contributed by atoms with Crippen molar-refractivity contribution in [2.24, 2.45) is 0 Å². The standard InChI is InChI=1S/C16H30N6O4S2/c1-14-10-21(11-15(2)26-14)28(23,24)20-6-4-18(5-7-20)13-22-16(27)19(12-17-22)8-9-25-3/h12,14-15H,4-11,13H2,1-3H3. The van der Waals surface area contributed by atoms with Gasteiger partial charge in [0.15, 0.2) is 4.77 Å². The summed E-state index contributed by atoms with van der Waals surface area (Å²) in [6, 6.07) is 0. The number of rotatable bonds is 7. The molecule has 12 heteroatoms. The van der Waals surface area contributed by atoms with Crippen LogP contribution < -0.4 is 0 Å². The first kappa shape index (κ1) is 21.8. The molecule has 2 atom stereocenters. The van der Waals surface area contributed by atoms with Crippen LogP contribution in [0, 0.1) is 4.77 Å². The average molecular weight is 435 g/mol. The van der Waals surface area contributed by atoms with E-state index in [9.17, 15) is 8.42 Å². The van der Waals surface area contributed by atoms with Crippen molar-refractivity contribution in [2.45, 2.75) is 39.3 Å². The Kier molecular flexibility index (Phi) is 7.23. The fourth-order valence-electron chi connectivity index (χ4n) is 3.59. The number of methoxy groups -OCH3 is 1. The number of ether oxygens (including phenoxy) is 2. The predicted molar refractivity (Wildman–Crippen MR) is 107 cm³/mol. The summed E-state index contributed by atoms with van der Waals surface area (Å²) in [7, 11) is -1.81. The van der Waals surface area contributed by atoms with Crippen LogP contribution in [-0.2, 0) is 32.9 Å². The van der Waals surface area contributed by atoms with E-state index in [2.05, 4.69) is 10.00 Å². The summed E-state index contributed by atoms with van der Waals surface area (Å²) in [5.74, 6) is 0. The molecule has 2 saturated heterocycles. The molecule has 28 heavy (non-hydrogen) atoms. The molecule has 0 spiro atoms. The van der Waals surface area contributed by atoms with Crippen molar-refractivity contribution in [1.29, 1.82) is 0 Å². The Balaban J connectivity index is 1.56. The molecule has 160 valence electrons. The topological polar surface area (TPSA) is 85.1 Å². The fraction of sp³-hybridized carbons (Fsp3) is 0.875. The number of aromatic nitrogens is 3. The molecular formula is C16H30N6O4S2. The number of hydrogen-bond acceptors (Lipinski definition) is 7. The Bertz CT molecular complexity index is 792. The van der Waals surface area contributed by atoms with Crippen LogP contribution >= 0.6 is 12.2 Å². The monoisotopic (exact) mass is 434 g/mol. The van der Waals surface area contributed by atoms with Gasteiger partial charge in [-0.3, -0.25) is 4.90 Å². The number of piperazine rings is 1. The highest BCUT2D eigenvalue weighted by molar-refractivity contribution is 7.86. The molecule has 0 aliphatic carbocycles. The number of hydrogen-bond donors (Lipinski definition) is 0. The molecule has 0 aromatic carbocycles. The molecule has 10 nitrogen and oxygen atoms in total. The quantitative estimate of drug-likeness (QED) is 0.558. The fourth-order valence-corrected chi connectivity index (χ4v) is 5.58. The van der Waals surface area contributed by atoms with E-state index < -0.39 is 10.2 Å². The van der Waals surface area contributed by atoms with Gasteiger partial charge in [-0.05, 0) is 26.1 Å². The van der Waals surface area contributed by atoms with E-state index >= 15 is 0 Å². The lowest BCUT2D eigenvalue weighted by molar-refractivity contribution is -0.0458. The van der Waals surface area contributed by atoms with Crippen LogP contribution in [0.15, 0.2) is 6.33 Å². The van der Waals surface area contributed by atoms with E-state index in [0.29, 0.717) is 63.9 Å². The van der Waals surface area contributed by atoms with E-state index in [0.717, 1.165) is 0 Å². The van der Waals surface area contributed by atoms with Gasteiger partial charge in [0, 0.05) is 52.9 Å². The Morgan fingerprint density at radius 1 is 1.18 bits per heavy atom. The second-order valence-electron chi connectivity index (χ2n) is 7.34. The van der Waals surface area contributed by atoms with Gasteiger partial charge in [-0.1, -0.05) is 0 Å². The van der Waals surface area contributed by atoms with Crippen molar-refractivity contribution in [1.82, 2.24) is 27.9 Å². The van der Waals surface area contributed by atoms with Gasteiger partial charge in [0.25, 0.3) is 10.2 Å². The zero-order valence-corrected chi connectivity index (χ0v) is 18.4. The van der Waals surface area contributed by atoms with Crippen LogP contribution in [-0.4, -0.2) is 101 Å². The summed E-state index contributed by atoms with van der Waals surface area (Å²) in [4.78, 5) is 2.17. The van der Waals surface area contributed by atoms with Crippen molar-refractivity contribution in [3.63, 3.8) is 0 Å². The molecule has 1 aromatic heterocycles. The third kappa shape index (κ3) is 4.99. The third-order valence-electron chi connectivity index (χ3n) is 5.04. The van der Waals surface area contributed by atoms with E-state index in [1.165, 1.54) is 0 Å². The maximum absolute atomic E-state index is 13.0. The molecule has 3 rings (SSSR count). The molecule has 0 radical (unpaired) electrons. The Morgan fingerprint density at radius 2 is 1.82 bits per heavy atom. The highest BCUT2D eigenvalue weighted by Crippen LogP contribution is 2.19. The molecule has 2 aliphatic rings. The van der Waals surface area contributed by atoms with Crippen LogP contribution in [0.3, 0.4) is 0 Å². The van der Waals surface area contributed by atoms with Gasteiger partial charge in [-0.25, -0.2) is 4.68 Å². The molecule has 1 aromatic rings. The number of nitrogens with zero attached hydrogens (tertiary/aromatic N) is 6. The average Bonchev–Trinajstić information content (AvgIpc) is 2.99. The smallest absolute Gasteiger partial charge is 0.282 e. The molecule has 0 saturated carbocycles. The molecule has 2 unspecified atom stereocenters. The lowest BCUT2D eigenvalue weighted by atomic mass is 10.3. The largest absolute Gasteiger partial charge is 0.383 e. The van der Waals surface area contributed by atoms with Crippen LogP contribution in [0.2, 0.25) is 0 Å². The van der Waals surface area contributed by atoms with Gasteiger partial charge in [0.05, 0.1) is 25.5 Å². The van der Waals surface area contributed by atoms with Gasteiger partial charge in [-0.15, -0.1) is 0 Å². The molecular weight excluding hydrogens is 404 g/mol. The van der Waals surface area contributed by atoms with Crippen LogP contribution in [0.1, 0.15) is 13.8 Å². The zero-order chi connectivity index (χ0) is 20.3. The SMILES string of the molecule is COCCn1cnn(CN2CCN(S(=O)(=O)N3CC(C)OC(C)C3)CC2)c1=S. The minimum Gasteiger partial charge on any atom is -0.383 e. The third-order valence-corrected chi connectivity index (χ3v) is 7.45. The van der Waals surface area contributed by atoms with E-state index in [1.54, 1.807) is 26.7 Å². The van der Waals surface area contributed by atoms with Crippen molar-refractivity contribution in [2.75, 3.05) is 53.0 Å². The summed E-state index contributed by atoms with van der Waals surface area (Å²) in [6.45, 7) is 8.62. The molecule has 0 bridgehead atoms.